The molecule has 2 rings (SSSR count). The highest BCUT2D eigenvalue weighted by Gasteiger charge is 2.47. The molecule has 3 nitrogen and oxygen atoms in total. The van der Waals surface area contributed by atoms with Crippen molar-refractivity contribution >= 4 is 13.8 Å². The number of morpholine rings is 1. The van der Waals surface area contributed by atoms with Gasteiger partial charge in [-0.1, -0.05) is 6.58 Å². The molecule has 0 aromatic rings. The molecule has 0 saturated carbocycles. The average Bonchev–Trinajstić information content (AvgIpc) is 2.63. The third-order valence-electron chi connectivity index (χ3n) is 3.37. The number of carbonyl (C=O) groups is 1. The van der Waals surface area contributed by atoms with Gasteiger partial charge in [0.15, 0.2) is 5.60 Å². The van der Waals surface area contributed by atoms with Crippen LogP contribution in [0.4, 0.5) is 0 Å². The molecular formula is C10H16BNO2. The van der Waals surface area contributed by atoms with Crippen molar-refractivity contribution in [3.05, 3.63) is 12.3 Å². The largest absolute Gasteiger partial charge is 0.481 e. The molecule has 2 aliphatic rings. The molecule has 0 spiro atoms. The van der Waals surface area contributed by atoms with Crippen LogP contribution in [0.3, 0.4) is 0 Å². The maximum absolute atomic E-state index is 12.1. The Bertz CT molecular complexity index is 292. The van der Waals surface area contributed by atoms with Gasteiger partial charge in [0.05, 0.1) is 6.04 Å². The summed E-state index contributed by atoms with van der Waals surface area (Å²) in [7, 11) is 1.97. The van der Waals surface area contributed by atoms with Crippen molar-refractivity contribution in [2.75, 3.05) is 6.54 Å². The number of fused-ring (bicyclic) bond motifs is 1. The Morgan fingerprint density at radius 2 is 2.50 bits per heavy atom. The molecule has 2 heterocycles. The lowest BCUT2D eigenvalue weighted by atomic mass is 9.85. The quantitative estimate of drug-likeness (QED) is 0.561. The smallest absolute Gasteiger partial charge is 0.266 e. The first kappa shape index (κ1) is 9.62. The van der Waals surface area contributed by atoms with Gasteiger partial charge in [-0.05, 0) is 26.1 Å². The van der Waals surface area contributed by atoms with E-state index in [0.29, 0.717) is 6.32 Å². The fourth-order valence-corrected chi connectivity index (χ4v) is 2.27. The first-order valence-electron chi connectivity index (χ1n) is 5.27. The highest BCUT2D eigenvalue weighted by molar-refractivity contribution is 6.12. The van der Waals surface area contributed by atoms with Crippen LogP contribution in [-0.2, 0) is 9.53 Å². The van der Waals surface area contributed by atoms with Crippen LogP contribution >= 0.6 is 0 Å². The second kappa shape index (κ2) is 3.04. The Balaban J connectivity index is 2.29. The van der Waals surface area contributed by atoms with E-state index in [0.717, 1.165) is 25.1 Å². The minimum absolute atomic E-state index is 0.134. The summed E-state index contributed by atoms with van der Waals surface area (Å²) < 4.78 is 5.66. The van der Waals surface area contributed by atoms with Crippen molar-refractivity contribution in [1.29, 1.82) is 0 Å². The van der Waals surface area contributed by atoms with E-state index in [4.69, 9.17) is 4.74 Å². The second-order valence-corrected chi connectivity index (χ2v) is 4.31. The molecule has 1 amide bonds. The van der Waals surface area contributed by atoms with Crippen molar-refractivity contribution in [2.45, 2.75) is 37.7 Å². The van der Waals surface area contributed by atoms with E-state index in [1.165, 1.54) is 0 Å². The van der Waals surface area contributed by atoms with Gasteiger partial charge in [-0.3, -0.25) is 4.79 Å². The molecule has 2 aliphatic heterocycles. The van der Waals surface area contributed by atoms with Crippen molar-refractivity contribution in [2.24, 2.45) is 0 Å². The van der Waals surface area contributed by atoms with E-state index in [9.17, 15) is 4.79 Å². The van der Waals surface area contributed by atoms with E-state index >= 15 is 0 Å². The van der Waals surface area contributed by atoms with Crippen LogP contribution in [0.5, 0.6) is 0 Å². The van der Waals surface area contributed by atoms with Gasteiger partial charge in [-0.15, -0.1) is 0 Å². The van der Waals surface area contributed by atoms with E-state index < -0.39 is 5.60 Å². The molecule has 0 unspecified atom stereocenters. The number of amides is 1. The van der Waals surface area contributed by atoms with Gasteiger partial charge in [-0.25, -0.2) is 0 Å². The van der Waals surface area contributed by atoms with Crippen molar-refractivity contribution in [3.8, 4) is 0 Å². The molecule has 2 fully saturated rings. The standard InChI is InChI=1S/C10H16BNO2/c1-7-8-4-3-5-12(8)9(13)10(2,6-11)14-7/h8H,1,3-6,11H2,2H3/t8-,10+/m1/s1. The minimum atomic E-state index is -0.669. The van der Waals surface area contributed by atoms with Crippen LogP contribution in [0.2, 0.25) is 6.32 Å². The van der Waals surface area contributed by atoms with Gasteiger partial charge < -0.3 is 9.64 Å². The zero-order valence-electron chi connectivity index (χ0n) is 8.88. The monoisotopic (exact) mass is 193 g/mol. The third kappa shape index (κ3) is 1.16. The summed E-state index contributed by atoms with van der Waals surface area (Å²) in [5, 5.41) is 0. The lowest BCUT2D eigenvalue weighted by molar-refractivity contribution is -0.159. The third-order valence-corrected chi connectivity index (χ3v) is 3.37. The van der Waals surface area contributed by atoms with Crippen LogP contribution in [0.25, 0.3) is 0 Å². The lowest BCUT2D eigenvalue weighted by Crippen LogP contribution is -2.55. The number of rotatable bonds is 1. The molecule has 2 atom stereocenters. The number of hydrogen-bond acceptors (Lipinski definition) is 2. The average molecular weight is 193 g/mol. The maximum atomic E-state index is 12.1. The fourth-order valence-electron chi connectivity index (χ4n) is 2.27. The zero-order chi connectivity index (χ0) is 10.3. The predicted molar refractivity (Wildman–Crippen MR) is 56.7 cm³/mol. The molecule has 0 radical (unpaired) electrons. The normalized spacial score (nSPS) is 36.9. The van der Waals surface area contributed by atoms with Gasteiger partial charge in [0.2, 0.25) is 0 Å². The van der Waals surface area contributed by atoms with Gasteiger partial charge in [0.25, 0.3) is 5.91 Å². The molecule has 76 valence electrons. The lowest BCUT2D eigenvalue weighted by Gasteiger charge is -2.42. The second-order valence-electron chi connectivity index (χ2n) is 4.31. The van der Waals surface area contributed by atoms with Crippen LogP contribution in [0.15, 0.2) is 12.3 Å². The highest BCUT2D eigenvalue weighted by Crippen LogP contribution is 2.36. The van der Waals surface area contributed by atoms with E-state index in [1.807, 2.05) is 19.7 Å². The van der Waals surface area contributed by atoms with Gasteiger partial charge in [0, 0.05) is 6.54 Å². The Morgan fingerprint density at radius 1 is 1.79 bits per heavy atom. The Kier molecular flexibility index (Phi) is 2.09. The Hall–Kier alpha value is -0.925. The summed E-state index contributed by atoms with van der Waals surface area (Å²) >= 11 is 0. The minimum Gasteiger partial charge on any atom is -0.481 e. The molecule has 0 aromatic carbocycles. The van der Waals surface area contributed by atoms with Crippen molar-refractivity contribution in [3.63, 3.8) is 0 Å². The Labute approximate surface area is 85.5 Å². The van der Waals surface area contributed by atoms with E-state index in [2.05, 4.69) is 6.58 Å². The number of ether oxygens (including phenoxy) is 1. The predicted octanol–water partition coefficient (Wildman–Crippen LogP) is 0.331. The summed E-state index contributed by atoms with van der Waals surface area (Å²) in [6.07, 6.45) is 2.77. The molecule has 14 heavy (non-hydrogen) atoms. The molecule has 0 N–H and O–H groups in total. The van der Waals surface area contributed by atoms with Crippen LogP contribution in [0, 0.1) is 0 Å². The summed E-state index contributed by atoms with van der Waals surface area (Å²) in [6, 6.07) is 0.141. The van der Waals surface area contributed by atoms with Crippen LogP contribution < -0.4 is 0 Å². The highest BCUT2D eigenvalue weighted by atomic mass is 16.5. The van der Waals surface area contributed by atoms with Crippen LogP contribution in [-0.4, -0.2) is 36.8 Å². The van der Waals surface area contributed by atoms with E-state index in [1.54, 1.807) is 0 Å². The number of nitrogens with zero attached hydrogens (tertiary/aromatic N) is 1. The molecule has 0 aromatic heterocycles. The first-order chi connectivity index (χ1) is 6.58. The Morgan fingerprint density at radius 3 is 3.14 bits per heavy atom. The molecule has 0 bridgehead atoms. The molecule has 4 heteroatoms. The van der Waals surface area contributed by atoms with Gasteiger partial charge in [-0.2, -0.15) is 0 Å². The van der Waals surface area contributed by atoms with Crippen LogP contribution in [0.1, 0.15) is 19.8 Å². The molecular weight excluding hydrogens is 177 g/mol. The summed E-state index contributed by atoms with van der Waals surface area (Å²) in [4.78, 5) is 14.0. The fraction of sp³-hybridized carbons (Fsp3) is 0.700. The SMILES string of the molecule is BC[C@]1(C)OC(=C)[C@H]2CCCN2C1=O. The molecule has 0 aliphatic carbocycles. The van der Waals surface area contributed by atoms with E-state index in [-0.39, 0.29) is 11.9 Å². The van der Waals surface area contributed by atoms with Gasteiger partial charge in [0.1, 0.15) is 13.6 Å². The molecule has 2 saturated heterocycles. The zero-order valence-corrected chi connectivity index (χ0v) is 8.88. The first-order valence-corrected chi connectivity index (χ1v) is 5.27. The summed E-state index contributed by atoms with van der Waals surface area (Å²) in [6.45, 7) is 6.64. The number of hydrogen-bond donors (Lipinski definition) is 0. The van der Waals surface area contributed by atoms with Gasteiger partial charge >= 0.3 is 0 Å². The summed E-state index contributed by atoms with van der Waals surface area (Å²) in [5.41, 5.74) is -0.669. The maximum Gasteiger partial charge on any atom is 0.266 e. The topological polar surface area (TPSA) is 29.5 Å². The number of carbonyl (C=O) groups excluding carboxylic acids is 1. The van der Waals surface area contributed by atoms with Crippen molar-refractivity contribution < 1.29 is 9.53 Å². The van der Waals surface area contributed by atoms with Crippen molar-refractivity contribution in [1.82, 2.24) is 4.90 Å². The summed E-state index contributed by atoms with van der Waals surface area (Å²) in [5.74, 6) is 0.904.